The fraction of sp³-hybridized carbons (Fsp3) is 0.364. The van der Waals surface area contributed by atoms with Crippen LogP contribution < -0.4 is 0 Å². The molecular weight excluding hydrogens is 167 g/mol. The lowest BCUT2D eigenvalue weighted by atomic mass is 9.97. The smallest absolute Gasteiger partial charge is 0.165 e. The van der Waals surface area contributed by atoms with Gasteiger partial charge in [0.05, 0.1) is 0 Å². The van der Waals surface area contributed by atoms with Crippen molar-refractivity contribution in [2.24, 2.45) is 5.92 Å². The molecule has 1 rings (SSSR count). The van der Waals surface area contributed by atoms with Gasteiger partial charge in [-0.2, -0.15) is 0 Å². The van der Waals surface area contributed by atoms with Gasteiger partial charge in [-0.15, -0.1) is 0 Å². The van der Waals surface area contributed by atoms with E-state index in [2.05, 4.69) is 0 Å². The van der Waals surface area contributed by atoms with E-state index < -0.39 is 0 Å². The number of aryl methyl sites for hydroxylation is 1. The van der Waals surface area contributed by atoms with Crippen LogP contribution in [0.25, 0.3) is 0 Å². The number of ketones is 1. The first kappa shape index (κ1) is 9.90. The molecule has 0 atom stereocenters. The Morgan fingerprint density at radius 2 is 2.00 bits per heavy atom. The quantitative estimate of drug-likeness (QED) is 0.639. The van der Waals surface area contributed by atoms with Gasteiger partial charge >= 0.3 is 0 Å². The molecule has 0 amide bonds. The zero-order valence-corrected chi connectivity index (χ0v) is 8.10. The summed E-state index contributed by atoms with van der Waals surface area (Å²) in [5.41, 5.74) is 1.33. The second-order valence-corrected chi connectivity index (χ2v) is 3.48. The molecule has 0 N–H and O–H groups in total. The number of carbonyl (C=O) groups excluding carboxylic acids is 1. The first-order valence-electron chi connectivity index (χ1n) is 4.32. The van der Waals surface area contributed by atoms with Gasteiger partial charge < -0.3 is 0 Å². The SMILES string of the molecule is Cc1cc(F)ccc1C(=O)C(C)C. The highest BCUT2D eigenvalue weighted by Crippen LogP contribution is 2.14. The Balaban J connectivity index is 3.09. The largest absolute Gasteiger partial charge is 0.294 e. The summed E-state index contributed by atoms with van der Waals surface area (Å²) in [7, 11) is 0. The lowest BCUT2D eigenvalue weighted by Crippen LogP contribution is -2.09. The van der Waals surface area contributed by atoms with Gasteiger partial charge in [0.2, 0.25) is 0 Å². The first-order valence-corrected chi connectivity index (χ1v) is 4.32. The van der Waals surface area contributed by atoms with Crippen molar-refractivity contribution in [3.05, 3.63) is 35.1 Å². The topological polar surface area (TPSA) is 17.1 Å². The fourth-order valence-electron chi connectivity index (χ4n) is 1.21. The highest BCUT2D eigenvalue weighted by molar-refractivity contribution is 5.98. The number of carbonyl (C=O) groups is 1. The van der Waals surface area contributed by atoms with Crippen LogP contribution in [0.15, 0.2) is 18.2 Å². The number of halogens is 1. The minimum absolute atomic E-state index is 0.0378. The van der Waals surface area contributed by atoms with Gasteiger partial charge in [-0.25, -0.2) is 4.39 Å². The number of Topliss-reactive ketones (excluding diaryl/α,β-unsaturated/α-hetero) is 1. The standard InChI is InChI=1S/C11H13FO/c1-7(2)11(13)10-5-4-9(12)6-8(10)3/h4-7H,1-3H3. The fourth-order valence-corrected chi connectivity index (χ4v) is 1.21. The normalized spacial score (nSPS) is 10.5. The Morgan fingerprint density at radius 3 is 2.46 bits per heavy atom. The molecule has 70 valence electrons. The summed E-state index contributed by atoms with van der Waals surface area (Å²) in [6.45, 7) is 5.43. The summed E-state index contributed by atoms with van der Waals surface area (Å²) in [4.78, 5) is 11.6. The summed E-state index contributed by atoms with van der Waals surface area (Å²) in [6.07, 6.45) is 0. The molecule has 2 heteroatoms. The van der Waals surface area contributed by atoms with E-state index in [1.54, 1.807) is 13.0 Å². The maximum Gasteiger partial charge on any atom is 0.165 e. The van der Waals surface area contributed by atoms with Crippen LogP contribution in [0.4, 0.5) is 4.39 Å². The van der Waals surface area contributed by atoms with Crippen LogP contribution in [0.5, 0.6) is 0 Å². The molecule has 1 aromatic carbocycles. The molecule has 0 aliphatic heterocycles. The molecule has 0 saturated carbocycles. The second kappa shape index (κ2) is 3.69. The summed E-state index contributed by atoms with van der Waals surface area (Å²) >= 11 is 0. The van der Waals surface area contributed by atoms with E-state index in [1.165, 1.54) is 12.1 Å². The highest BCUT2D eigenvalue weighted by Gasteiger charge is 2.12. The van der Waals surface area contributed by atoms with Gasteiger partial charge in [-0.3, -0.25) is 4.79 Å². The summed E-state index contributed by atoms with van der Waals surface area (Å²) in [5.74, 6) is -0.264. The van der Waals surface area contributed by atoms with E-state index in [9.17, 15) is 9.18 Å². The molecule has 0 spiro atoms. The summed E-state index contributed by atoms with van der Waals surface area (Å²) < 4.78 is 12.7. The number of hydrogen-bond acceptors (Lipinski definition) is 1. The van der Waals surface area contributed by atoms with Gasteiger partial charge in [0, 0.05) is 11.5 Å². The van der Waals surface area contributed by atoms with Gasteiger partial charge in [0.15, 0.2) is 5.78 Å². The van der Waals surface area contributed by atoms with Crippen molar-refractivity contribution in [2.75, 3.05) is 0 Å². The van der Waals surface area contributed by atoms with E-state index in [-0.39, 0.29) is 17.5 Å². The minimum Gasteiger partial charge on any atom is -0.294 e. The number of hydrogen-bond donors (Lipinski definition) is 0. The van der Waals surface area contributed by atoms with Gasteiger partial charge in [-0.1, -0.05) is 13.8 Å². The molecule has 0 heterocycles. The van der Waals surface area contributed by atoms with Crippen LogP contribution in [0.2, 0.25) is 0 Å². The monoisotopic (exact) mass is 180 g/mol. The Kier molecular flexibility index (Phi) is 2.81. The third-order valence-electron chi connectivity index (χ3n) is 1.98. The molecule has 0 aliphatic rings. The number of benzene rings is 1. The van der Waals surface area contributed by atoms with Crippen molar-refractivity contribution in [3.63, 3.8) is 0 Å². The van der Waals surface area contributed by atoms with Gasteiger partial charge in [-0.05, 0) is 30.7 Å². The molecular formula is C11H13FO. The van der Waals surface area contributed by atoms with Crippen molar-refractivity contribution in [1.82, 2.24) is 0 Å². The third-order valence-corrected chi connectivity index (χ3v) is 1.98. The highest BCUT2D eigenvalue weighted by atomic mass is 19.1. The molecule has 1 aromatic rings. The minimum atomic E-state index is -0.294. The van der Waals surface area contributed by atoms with Crippen LogP contribution in [0.3, 0.4) is 0 Å². The van der Waals surface area contributed by atoms with Crippen molar-refractivity contribution in [1.29, 1.82) is 0 Å². The molecule has 0 saturated heterocycles. The summed E-state index contributed by atoms with van der Waals surface area (Å²) in [5, 5.41) is 0. The van der Waals surface area contributed by atoms with E-state index in [1.807, 2.05) is 13.8 Å². The van der Waals surface area contributed by atoms with Crippen molar-refractivity contribution in [2.45, 2.75) is 20.8 Å². The zero-order chi connectivity index (χ0) is 10.0. The maximum atomic E-state index is 12.7. The molecule has 0 aliphatic carbocycles. The molecule has 0 aromatic heterocycles. The van der Waals surface area contributed by atoms with Crippen molar-refractivity contribution in [3.8, 4) is 0 Å². The van der Waals surface area contributed by atoms with Crippen LogP contribution in [0, 0.1) is 18.7 Å². The van der Waals surface area contributed by atoms with E-state index in [0.29, 0.717) is 11.1 Å². The van der Waals surface area contributed by atoms with E-state index in [0.717, 1.165) is 0 Å². The van der Waals surface area contributed by atoms with Gasteiger partial charge in [0.25, 0.3) is 0 Å². The Hall–Kier alpha value is -1.18. The average Bonchev–Trinajstić information content (AvgIpc) is 2.03. The van der Waals surface area contributed by atoms with Crippen LogP contribution in [0.1, 0.15) is 29.8 Å². The van der Waals surface area contributed by atoms with E-state index >= 15 is 0 Å². The lowest BCUT2D eigenvalue weighted by Gasteiger charge is -2.06. The molecule has 0 unspecified atom stereocenters. The zero-order valence-electron chi connectivity index (χ0n) is 8.10. The second-order valence-electron chi connectivity index (χ2n) is 3.48. The predicted molar refractivity (Wildman–Crippen MR) is 50.3 cm³/mol. The summed E-state index contributed by atoms with van der Waals surface area (Å²) in [6, 6.07) is 4.26. The van der Waals surface area contributed by atoms with Crippen LogP contribution in [-0.2, 0) is 0 Å². The maximum absolute atomic E-state index is 12.7. The molecule has 1 nitrogen and oxygen atoms in total. The molecule has 0 fully saturated rings. The average molecular weight is 180 g/mol. The first-order chi connectivity index (χ1) is 6.02. The Morgan fingerprint density at radius 1 is 1.38 bits per heavy atom. The van der Waals surface area contributed by atoms with Gasteiger partial charge in [0.1, 0.15) is 5.82 Å². The predicted octanol–water partition coefficient (Wildman–Crippen LogP) is 2.97. The van der Waals surface area contributed by atoms with E-state index in [4.69, 9.17) is 0 Å². The molecule has 0 radical (unpaired) electrons. The van der Waals surface area contributed by atoms with Crippen LogP contribution >= 0.6 is 0 Å². The van der Waals surface area contributed by atoms with Crippen LogP contribution in [-0.4, -0.2) is 5.78 Å². The molecule has 13 heavy (non-hydrogen) atoms. The van der Waals surface area contributed by atoms with Crippen molar-refractivity contribution < 1.29 is 9.18 Å². The Bertz CT molecular complexity index is 329. The third kappa shape index (κ3) is 2.14. The molecule has 0 bridgehead atoms. The lowest BCUT2D eigenvalue weighted by molar-refractivity contribution is 0.0938. The number of rotatable bonds is 2. The Labute approximate surface area is 77.6 Å². The van der Waals surface area contributed by atoms with Crippen molar-refractivity contribution >= 4 is 5.78 Å².